The number of piperidine rings is 1. The first-order valence-electron chi connectivity index (χ1n) is 9.51. The third-order valence-corrected chi connectivity index (χ3v) is 5.42. The summed E-state index contributed by atoms with van der Waals surface area (Å²) in [4.78, 5) is 14.8. The highest BCUT2D eigenvalue weighted by Gasteiger charge is 2.29. The van der Waals surface area contributed by atoms with Crippen LogP contribution in [0.2, 0.25) is 0 Å². The van der Waals surface area contributed by atoms with Crippen LogP contribution < -0.4 is 0 Å². The van der Waals surface area contributed by atoms with Crippen LogP contribution >= 0.6 is 0 Å². The summed E-state index contributed by atoms with van der Waals surface area (Å²) in [6, 6.07) is 0.318. The molecule has 0 aromatic carbocycles. The standard InChI is InChI=1S/C18H30N4O2/c1-14(23)12-16-13-22(20-19-16)17-8-10-21(11-9-17)18(24)15-6-4-2-3-5-7-15/h13-15,17,23H,2-12H2,1H3/t14-/m0/s1. The predicted octanol–water partition coefficient (Wildman–Crippen LogP) is 2.34. The van der Waals surface area contributed by atoms with Gasteiger partial charge in [-0.3, -0.25) is 4.79 Å². The molecule has 1 aromatic rings. The molecule has 2 fully saturated rings. The highest BCUT2D eigenvalue weighted by molar-refractivity contribution is 5.78. The monoisotopic (exact) mass is 334 g/mol. The second-order valence-electron chi connectivity index (χ2n) is 7.49. The molecular weight excluding hydrogens is 304 g/mol. The van der Waals surface area contributed by atoms with Gasteiger partial charge in [0.1, 0.15) is 0 Å². The Morgan fingerprint density at radius 2 is 1.88 bits per heavy atom. The number of aromatic nitrogens is 3. The zero-order valence-corrected chi connectivity index (χ0v) is 14.7. The van der Waals surface area contributed by atoms with E-state index < -0.39 is 6.10 Å². The first-order chi connectivity index (χ1) is 11.6. The number of hydrogen-bond donors (Lipinski definition) is 1. The maximum atomic E-state index is 12.7. The number of carbonyl (C=O) groups excluding carboxylic acids is 1. The molecule has 1 aromatic heterocycles. The zero-order valence-electron chi connectivity index (χ0n) is 14.7. The van der Waals surface area contributed by atoms with Crippen LogP contribution in [0.5, 0.6) is 0 Å². The minimum absolute atomic E-state index is 0.257. The topological polar surface area (TPSA) is 71.2 Å². The van der Waals surface area contributed by atoms with E-state index in [0.717, 1.165) is 44.5 Å². The van der Waals surface area contributed by atoms with Gasteiger partial charge in [0, 0.05) is 31.6 Å². The van der Waals surface area contributed by atoms with E-state index in [0.29, 0.717) is 18.4 Å². The lowest BCUT2D eigenvalue weighted by molar-refractivity contribution is -0.137. The molecule has 1 amide bonds. The molecular formula is C18H30N4O2. The Kier molecular flexibility index (Phi) is 5.87. The van der Waals surface area contributed by atoms with Crippen LogP contribution in [0.1, 0.15) is 70.0 Å². The molecule has 1 aliphatic carbocycles. The molecule has 1 aliphatic heterocycles. The number of aliphatic hydroxyl groups is 1. The summed E-state index contributed by atoms with van der Waals surface area (Å²) in [6.07, 6.45) is 11.1. The van der Waals surface area contributed by atoms with Crippen molar-refractivity contribution in [2.75, 3.05) is 13.1 Å². The van der Waals surface area contributed by atoms with E-state index in [4.69, 9.17) is 0 Å². The zero-order chi connectivity index (χ0) is 16.9. The summed E-state index contributed by atoms with van der Waals surface area (Å²) < 4.78 is 1.92. The summed E-state index contributed by atoms with van der Waals surface area (Å²) >= 11 is 0. The van der Waals surface area contributed by atoms with Crippen LogP contribution in [-0.4, -0.2) is 50.1 Å². The lowest BCUT2D eigenvalue weighted by Gasteiger charge is -2.34. The second-order valence-corrected chi connectivity index (χ2v) is 7.49. The fourth-order valence-electron chi connectivity index (χ4n) is 4.02. The molecule has 24 heavy (non-hydrogen) atoms. The summed E-state index contributed by atoms with van der Waals surface area (Å²) in [5.74, 6) is 0.636. The van der Waals surface area contributed by atoms with E-state index in [1.165, 1.54) is 25.7 Å². The first-order valence-corrected chi connectivity index (χ1v) is 9.51. The number of nitrogens with zero attached hydrogens (tertiary/aromatic N) is 4. The third-order valence-electron chi connectivity index (χ3n) is 5.42. The molecule has 3 rings (SSSR count). The van der Waals surface area contributed by atoms with E-state index in [1.54, 1.807) is 6.92 Å². The summed E-state index contributed by atoms with van der Waals surface area (Å²) in [5.41, 5.74) is 0.835. The van der Waals surface area contributed by atoms with Gasteiger partial charge < -0.3 is 10.0 Å². The van der Waals surface area contributed by atoms with Gasteiger partial charge in [-0.25, -0.2) is 4.68 Å². The average molecular weight is 334 g/mol. The lowest BCUT2D eigenvalue weighted by atomic mass is 9.96. The Hall–Kier alpha value is -1.43. The van der Waals surface area contributed by atoms with Gasteiger partial charge in [0.25, 0.3) is 0 Å². The van der Waals surface area contributed by atoms with Gasteiger partial charge in [0.2, 0.25) is 5.91 Å². The number of rotatable bonds is 4. The van der Waals surface area contributed by atoms with Gasteiger partial charge in [-0.1, -0.05) is 30.9 Å². The van der Waals surface area contributed by atoms with Crippen LogP contribution in [-0.2, 0) is 11.2 Å². The number of carbonyl (C=O) groups is 1. The number of amides is 1. The van der Waals surface area contributed by atoms with Crippen LogP contribution in [0.15, 0.2) is 6.20 Å². The second kappa shape index (κ2) is 8.10. The van der Waals surface area contributed by atoms with Gasteiger partial charge in [-0.15, -0.1) is 5.10 Å². The minimum Gasteiger partial charge on any atom is -0.393 e. The SMILES string of the molecule is C[C@H](O)Cc1cn(C2CCN(C(=O)C3CCCCCC3)CC2)nn1. The summed E-state index contributed by atoms with van der Waals surface area (Å²) in [7, 11) is 0. The van der Waals surface area contributed by atoms with E-state index in [-0.39, 0.29) is 5.92 Å². The van der Waals surface area contributed by atoms with Crippen molar-refractivity contribution in [3.8, 4) is 0 Å². The highest BCUT2D eigenvalue weighted by Crippen LogP contribution is 2.28. The van der Waals surface area contributed by atoms with Crippen molar-refractivity contribution in [2.24, 2.45) is 5.92 Å². The minimum atomic E-state index is -0.394. The molecule has 6 heteroatoms. The molecule has 1 N–H and O–H groups in total. The van der Waals surface area contributed by atoms with Crippen molar-refractivity contribution in [2.45, 2.75) is 76.9 Å². The largest absolute Gasteiger partial charge is 0.393 e. The van der Waals surface area contributed by atoms with Crippen LogP contribution in [0.3, 0.4) is 0 Å². The average Bonchev–Trinajstić information content (AvgIpc) is 2.86. The normalized spacial score (nSPS) is 22.3. The quantitative estimate of drug-likeness (QED) is 0.858. The smallest absolute Gasteiger partial charge is 0.225 e. The molecule has 1 saturated carbocycles. The van der Waals surface area contributed by atoms with Crippen molar-refractivity contribution in [3.63, 3.8) is 0 Å². The molecule has 1 atom stereocenters. The Labute approximate surface area is 144 Å². The van der Waals surface area contributed by atoms with Gasteiger partial charge in [-0.2, -0.15) is 0 Å². The molecule has 0 radical (unpaired) electrons. The van der Waals surface area contributed by atoms with Gasteiger partial charge >= 0.3 is 0 Å². The Morgan fingerprint density at radius 1 is 1.21 bits per heavy atom. The first kappa shape index (κ1) is 17.4. The number of aliphatic hydroxyl groups excluding tert-OH is 1. The van der Waals surface area contributed by atoms with E-state index in [9.17, 15) is 9.90 Å². The molecule has 0 unspecified atom stereocenters. The summed E-state index contributed by atoms with van der Waals surface area (Å²) in [5, 5.41) is 17.8. The summed E-state index contributed by atoms with van der Waals surface area (Å²) in [6.45, 7) is 3.41. The van der Waals surface area contributed by atoms with Crippen LogP contribution in [0.25, 0.3) is 0 Å². The molecule has 2 heterocycles. The fraction of sp³-hybridized carbons (Fsp3) is 0.833. The molecule has 0 bridgehead atoms. The van der Waals surface area contributed by atoms with Gasteiger partial charge in [0.15, 0.2) is 0 Å². The van der Waals surface area contributed by atoms with E-state index in [2.05, 4.69) is 15.2 Å². The molecule has 2 aliphatic rings. The van der Waals surface area contributed by atoms with E-state index >= 15 is 0 Å². The predicted molar refractivity (Wildman–Crippen MR) is 91.4 cm³/mol. The van der Waals surface area contributed by atoms with Gasteiger partial charge in [-0.05, 0) is 32.6 Å². The van der Waals surface area contributed by atoms with Crippen molar-refractivity contribution < 1.29 is 9.90 Å². The highest BCUT2D eigenvalue weighted by atomic mass is 16.3. The van der Waals surface area contributed by atoms with Crippen LogP contribution in [0, 0.1) is 5.92 Å². The van der Waals surface area contributed by atoms with E-state index in [1.807, 2.05) is 10.9 Å². The fourth-order valence-corrected chi connectivity index (χ4v) is 4.02. The molecule has 1 saturated heterocycles. The Balaban J connectivity index is 1.51. The Morgan fingerprint density at radius 3 is 2.50 bits per heavy atom. The maximum absolute atomic E-state index is 12.7. The third kappa shape index (κ3) is 4.35. The molecule has 0 spiro atoms. The van der Waals surface area contributed by atoms with Crippen molar-refractivity contribution in [1.29, 1.82) is 0 Å². The van der Waals surface area contributed by atoms with Gasteiger partial charge in [0.05, 0.1) is 17.8 Å². The molecule has 6 nitrogen and oxygen atoms in total. The lowest BCUT2D eigenvalue weighted by Crippen LogP contribution is -2.42. The maximum Gasteiger partial charge on any atom is 0.225 e. The van der Waals surface area contributed by atoms with Crippen molar-refractivity contribution in [3.05, 3.63) is 11.9 Å². The number of likely N-dealkylation sites (tertiary alicyclic amines) is 1. The number of hydrogen-bond acceptors (Lipinski definition) is 4. The van der Waals surface area contributed by atoms with Crippen molar-refractivity contribution >= 4 is 5.91 Å². The molecule has 134 valence electrons. The van der Waals surface area contributed by atoms with Crippen molar-refractivity contribution in [1.82, 2.24) is 19.9 Å². The Bertz CT molecular complexity index is 527. The van der Waals surface area contributed by atoms with Crippen LogP contribution in [0.4, 0.5) is 0 Å².